The van der Waals surface area contributed by atoms with Gasteiger partial charge in [-0.15, -0.1) is 0 Å². The van der Waals surface area contributed by atoms with Crippen LogP contribution in [0.1, 0.15) is 20.3 Å². The van der Waals surface area contributed by atoms with Crippen LogP contribution < -0.4 is 15.4 Å². The third-order valence-corrected chi connectivity index (χ3v) is 2.99. The van der Waals surface area contributed by atoms with E-state index < -0.39 is 24.5 Å². The normalized spacial score (nSPS) is 11.3. The molecule has 1 aromatic carbocycles. The van der Waals surface area contributed by atoms with Gasteiger partial charge in [-0.3, -0.25) is 10.1 Å². The van der Waals surface area contributed by atoms with E-state index in [1.165, 1.54) is 0 Å². The second kappa shape index (κ2) is 9.68. The van der Waals surface area contributed by atoms with Crippen molar-refractivity contribution >= 4 is 29.5 Å². The van der Waals surface area contributed by atoms with Crippen LogP contribution in [0.25, 0.3) is 0 Å². The lowest BCUT2D eigenvalue weighted by atomic mass is 10.3. The monoisotopic (exact) mass is 342 g/mol. The number of nitrogens with one attached hydrogen (secondary N) is 2. The molecule has 0 aliphatic heterocycles. The van der Waals surface area contributed by atoms with Gasteiger partial charge in [0, 0.05) is 11.1 Å². The summed E-state index contributed by atoms with van der Waals surface area (Å²) in [5.41, 5.74) is 0. The van der Waals surface area contributed by atoms with E-state index in [4.69, 9.17) is 21.1 Å². The molecule has 0 unspecified atom stereocenters. The van der Waals surface area contributed by atoms with E-state index in [9.17, 15) is 14.4 Å². The first-order valence-corrected chi connectivity index (χ1v) is 7.42. The van der Waals surface area contributed by atoms with E-state index >= 15 is 0 Å². The summed E-state index contributed by atoms with van der Waals surface area (Å²) < 4.78 is 9.86. The summed E-state index contributed by atoms with van der Waals surface area (Å²) in [7, 11) is 0. The number of urea groups is 1. The fraction of sp³-hybridized carbons (Fsp3) is 0.400. The van der Waals surface area contributed by atoms with Crippen molar-refractivity contribution in [1.29, 1.82) is 0 Å². The summed E-state index contributed by atoms with van der Waals surface area (Å²) in [6, 6.07) is 5.83. The Morgan fingerprint density at radius 3 is 2.65 bits per heavy atom. The predicted molar refractivity (Wildman–Crippen MR) is 84.3 cm³/mol. The zero-order chi connectivity index (χ0) is 17.2. The number of carbonyl (C=O) groups excluding carboxylic acids is 3. The fourth-order valence-electron chi connectivity index (χ4n) is 1.41. The molecule has 23 heavy (non-hydrogen) atoms. The molecule has 0 spiro atoms. The molecule has 1 aromatic rings. The minimum Gasteiger partial charge on any atom is -0.482 e. The predicted octanol–water partition coefficient (Wildman–Crippen LogP) is 1.89. The van der Waals surface area contributed by atoms with Crippen LogP contribution in [0.15, 0.2) is 24.3 Å². The standard InChI is InChI=1S/C15H19ClN2O5/c1-3-10(2)17-15(21)18-13(19)8-23-14(20)9-22-12-6-4-5-11(16)7-12/h4-7,10H,3,8-9H2,1-2H3,(H2,17,18,19,21)/t10-/m1/s1. The van der Waals surface area contributed by atoms with Crippen molar-refractivity contribution in [3.63, 3.8) is 0 Å². The first kappa shape index (κ1) is 18.8. The average Bonchev–Trinajstić information content (AvgIpc) is 2.50. The van der Waals surface area contributed by atoms with Crippen LogP contribution in [0.2, 0.25) is 5.02 Å². The summed E-state index contributed by atoms with van der Waals surface area (Å²) in [4.78, 5) is 34.3. The molecule has 0 aliphatic rings. The molecule has 0 saturated heterocycles. The molecule has 0 aliphatic carbocycles. The summed E-state index contributed by atoms with van der Waals surface area (Å²) in [6.45, 7) is 2.77. The number of rotatable bonds is 7. The molecule has 126 valence electrons. The molecular weight excluding hydrogens is 324 g/mol. The maximum Gasteiger partial charge on any atom is 0.344 e. The number of imide groups is 1. The van der Waals surface area contributed by atoms with Gasteiger partial charge in [-0.2, -0.15) is 0 Å². The van der Waals surface area contributed by atoms with Gasteiger partial charge in [0.2, 0.25) is 0 Å². The van der Waals surface area contributed by atoms with Crippen LogP contribution in [0.3, 0.4) is 0 Å². The van der Waals surface area contributed by atoms with Crippen molar-refractivity contribution in [2.75, 3.05) is 13.2 Å². The number of esters is 1. The van der Waals surface area contributed by atoms with Crippen LogP contribution in [-0.4, -0.2) is 37.2 Å². The molecule has 8 heteroatoms. The highest BCUT2D eigenvalue weighted by Crippen LogP contribution is 2.16. The van der Waals surface area contributed by atoms with Crippen molar-refractivity contribution in [2.45, 2.75) is 26.3 Å². The van der Waals surface area contributed by atoms with Crippen molar-refractivity contribution in [2.24, 2.45) is 0 Å². The number of hydrogen-bond acceptors (Lipinski definition) is 5. The van der Waals surface area contributed by atoms with Crippen LogP contribution in [0.5, 0.6) is 5.75 Å². The number of benzene rings is 1. The minimum atomic E-state index is -0.734. The maximum atomic E-state index is 11.5. The van der Waals surface area contributed by atoms with Crippen LogP contribution >= 0.6 is 11.6 Å². The number of ether oxygens (including phenoxy) is 2. The van der Waals surface area contributed by atoms with E-state index in [0.717, 1.165) is 6.42 Å². The SMILES string of the molecule is CC[C@@H](C)NC(=O)NC(=O)COC(=O)COc1cccc(Cl)c1. The van der Waals surface area contributed by atoms with Crippen LogP contribution in [0, 0.1) is 0 Å². The number of carbonyl (C=O) groups is 3. The van der Waals surface area contributed by atoms with Gasteiger partial charge in [0.05, 0.1) is 0 Å². The van der Waals surface area contributed by atoms with E-state index in [-0.39, 0.29) is 12.6 Å². The molecule has 1 atom stereocenters. The molecule has 0 saturated carbocycles. The van der Waals surface area contributed by atoms with E-state index in [1.54, 1.807) is 31.2 Å². The third-order valence-electron chi connectivity index (χ3n) is 2.76. The molecule has 1 rings (SSSR count). The van der Waals surface area contributed by atoms with Gasteiger partial charge >= 0.3 is 12.0 Å². The van der Waals surface area contributed by atoms with Crippen molar-refractivity contribution in [3.05, 3.63) is 29.3 Å². The lowest BCUT2D eigenvalue weighted by Crippen LogP contribution is -2.44. The largest absolute Gasteiger partial charge is 0.482 e. The van der Waals surface area contributed by atoms with Gasteiger partial charge in [0.15, 0.2) is 13.2 Å². The lowest BCUT2D eigenvalue weighted by molar-refractivity contribution is -0.150. The van der Waals surface area contributed by atoms with Gasteiger partial charge in [0.25, 0.3) is 5.91 Å². The molecule has 7 nitrogen and oxygen atoms in total. The van der Waals surface area contributed by atoms with Crippen molar-refractivity contribution < 1.29 is 23.9 Å². The zero-order valence-corrected chi connectivity index (χ0v) is 13.7. The Balaban J connectivity index is 2.25. The quantitative estimate of drug-likeness (QED) is 0.738. The molecule has 0 bridgehead atoms. The maximum absolute atomic E-state index is 11.5. The second-order valence-electron chi connectivity index (χ2n) is 4.74. The molecule has 0 aromatic heterocycles. The van der Waals surface area contributed by atoms with Crippen LogP contribution in [-0.2, 0) is 14.3 Å². The molecule has 2 N–H and O–H groups in total. The summed E-state index contributed by atoms with van der Waals surface area (Å²) in [5, 5.41) is 5.08. The molecule has 0 fully saturated rings. The second-order valence-corrected chi connectivity index (χ2v) is 5.17. The summed E-state index contributed by atoms with van der Waals surface area (Å²) in [6.07, 6.45) is 0.734. The fourth-order valence-corrected chi connectivity index (χ4v) is 1.59. The Kier molecular flexibility index (Phi) is 7.90. The number of halogens is 1. The van der Waals surface area contributed by atoms with E-state index in [1.807, 2.05) is 6.92 Å². The zero-order valence-electron chi connectivity index (χ0n) is 12.9. The molecule has 0 heterocycles. The Labute approximate surface area is 139 Å². The van der Waals surface area contributed by atoms with Crippen molar-refractivity contribution in [1.82, 2.24) is 10.6 Å². The molecule has 3 amide bonds. The highest BCUT2D eigenvalue weighted by Gasteiger charge is 2.12. The highest BCUT2D eigenvalue weighted by molar-refractivity contribution is 6.30. The Hall–Kier alpha value is -2.28. The number of hydrogen-bond donors (Lipinski definition) is 2. The topological polar surface area (TPSA) is 93.7 Å². The first-order valence-electron chi connectivity index (χ1n) is 7.05. The van der Waals surface area contributed by atoms with Gasteiger partial charge in [-0.05, 0) is 31.5 Å². The average molecular weight is 343 g/mol. The van der Waals surface area contributed by atoms with E-state index in [2.05, 4.69) is 10.6 Å². The van der Waals surface area contributed by atoms with Crippen LogP contribution in [0.4, 0.5) is 4.79 Å². The highest BCUT2D eigenvalue weighted by atomic mass is 35.5. The first-order chi connectivity index (χ1) is 10.9. The Morgan fingerprint density at radius 2 is 2.00 bits per heavy atom. The smallest absolute Gasteiger partial charge is 0.344 e. The van der Waals surface area contributed by atoms with Gasteiger partial charge in [0.1, 0.15) is 5.75 Å². The molecule has 0 radical (unpaired) electrons. The summed E-state index contributed by atoms with van der Waals surface area (Å²) >= 11 is 5.77. The van der Waals surface area contributed by atoms with Gasteiger partial charge < -0.3 is 14.8 Å². The molecular formula is C15H19ClN2O5. The van der Waals surface area contributed by atoms with Gasteiger partial charge in [-0.25, -0.2) is 9.59 Å². The summed E-state index contributed by atoms with van der Waals surface area (Å²) in [5.74, 6) is -1.05. The van der Waals surface area contributed by atoms with Crippen molar-refractivity contribution in [3.8, 4) is 5.75 Å². The number of amides is 3. The Bertz CT molecular complexity index is 565. The third kappa shape index (κ3) is 8.06. The minimum absolute atomic E-state index is 0.0588. The Morgan fingerprint density at radius 1 is 1.26 bits per heavy atom. The van der Waals surface area contributed by atoms with E-state index in [0.29, 0.717) is 10.8 Å². The lowest BCUT2D eigenvalue weighted by Gasteiger charge is -2.12. The van der Waals surface area contributed by atoms with Gasteiger partial charge in [-0.1, -0.05) is 24.6 Å².